The summed E-state index contributed by atoms with van der Waals surface area (Å²) >= 11 is 0. The maximum absolute atomic E-state index is 12.0. The Balaban J connectivity index is 1.77. The van der Waals surface area contributed by atoms with E-state index < -0.39 is 0 Å². The van der Waals surface area contributed by atoms with Gasteiger partial charge in [-0.2, -0.15) is 0 Å². The summed E-state index contributed by atoms with van der Waals surface area (Å²) < 4.78 is 0. The van der Waals surface area contributed by atoms with Crippen molar-refractivity contribution in [3.8, 4) is 0 Å². The molecule has 0 saturated carbocycles. The monoisotopic (exact) mass is 253 g/mol. The van der Waals surface area contributed by atoms with Crippen molar-refractivity contribution in [2.75, 3.05) is 26.2 Å². The molecule has 0 radical (unpaired) electrons. The van der Waals surface area contributed by atoms with Crippen LogP contribution in [-0.2, 0) is 9.59 Å². The molecule has 5 nitrogen and oxygen atoms in total. The zero-order valence-electron chi connectivity index (χ0n) is 11.1. The lowest BCUT2D eigenvalue weighted by Gasteiger charge is -2.33. The molecular weight excluding hydrogens is 230 g/mol. The molecule has 0 bridgehead atoms. The Morgan fingerprint density at radius 2 is 2.06 bits per heavy atom. The Labute approximate surface area is 108 Å². The summed E-state index contributed by atoms with van der Waals surface area (Å²) in [5.74, 6) is 0.534. The predicted molar refractivity (Wildman–Crippen MR) is 68.8 cm³/mol. The van der Waals surface area contributed by atoms with Gasteiger partial charge in [0.25, 0.3) is 0 Å². The van der Waals surface area contributed by atoms with Gasteiger partial charge in [-0.15, -0.1) is 0 Å². The van der Waals surface area contributed by atoms with E-state index in [2.05, 4.69) is 4.90 Å². The van der Waals surface area contributed by atoms with Gasteiger partial charge in [-0.3, -0.25) is 19.4 Å². The van der Waals surface area contributed by atoms with Crippen molar-refractivity contribution >= 4 is 11.8 Å². The highest BCUT2D eigenvalue weighted by Crippen LogP contribution is 2.19. The number of nitrogens with two attached hydrogens (primary N) is 1. The van der Waals surface area contributed by atoms with Crippen molar-refractivity contribution in [1.29, 1.82) is 0 Å². The van der Waals surface area contributed by atoms with Crippen LogP contribution in [0.4, 0.5) is 0 Å². The van der Waals surface area contributed by atoms with Crippen molar-refractivity contribution in [1.82, 2.24) is 9.80 Å². The fourth-order valence-electron chi connectivity index (χ4n) is 2.83. The fourth-order valence-corrected chi connectivity index (χ4v) is 2.83. The molecule has 0 aromatic carbocycles. The third kappa shape index (κ3) is 3.09. The Kier molecular flexibility index (Phi) is 4.35. The standard InChI is InChI=1S/C13H23N3O2/c1-10(14)11-4-7-15(8-5-11)9-13(18)16-6-2-3-12(16)17/h10-11H,2-9,14H2,1H3. The van der Waals surface area contributed by atoms with Crippen LogP contribution in [0.2, 0.25) is 0 Å². The molecule has 102 valence electrons. The van der Waals surface area contributed by atoms with Crippen molar-refractivity contribution in [3.63, 3.8) is 0 Å². The average molecular weight is 253 g/mol. The first-order chi connectivity index (χ1) is 8.58. The van der Waals surface area contributed by atoms with Crippen LogP contribution in [0.5, 0.6) is 0 Å². The normalized spacial score (nSPS) is 24.6. The van der Waals surface area contributed by atoms with E-state index in [4.69, 9.17) is 5.73 Å². The summed E-state index contributed by atoms with van der Waals surface area (Å²) in [7, 11) is 0. The molecule has 2 N–H and O–H groups in total. The van der Waals surface area contributed by atoms with Gasteiger partial charge < -0.3 is 5.73 Å². The highest BCUT2D eigenvalue weighted by Gasteiger charge is 2.29. The van der Waals surface area contributed by atoms with Gasteiger partial charge in [0, 0.05) is 19.0 Å². The van der Waals surface area contributed by atoms with E-state index in [9.17, 15) is 9.59 Å². The number of carbonyl (C=O) groups excluding carboxylic acids is 2. The molecule has 0 spiro atoms. The predicted octanol–water partition coefficient (Wildman–Crippen LogP) is 0.195. The second kappa shape index (κ2) is 5.80. The maximum Gasteiger partial charge on any atom is 0.243 e. The van der Waals surface area contributed by atoms with Gasteiger partial charge in [0.2, 0.25) is 11.8 Å². The minimum atomic E-state index is -0.0308. The third-order valence-corrected chi connectivity index (χ3v) is 4.11. The molecule has 1 unspecified atom stereocenters. The van der Waals surface area contributed by atoms with Crippen molar-refractivity contribution < 1.29 is 9.59 Å². The van der Waals surface area contributed by atoms with Crippen molar-refractivity contribution in [3.05, 3.63) is 0 Å². The highest BCUT2D eigenvalue weighted by molar-refractivity contribution is 5.97. The van der Waals surface area contributed by atoms with Gasteiger partial charge >= 0.3 is 0 Å². The van der Waals surface area contributed by atoms with E-state index in [1.165, 1.54) is 4.90 Å². The highest BCUT2D eigenvalue weighted by atomic mass is 16.2. The van der Waals surface area contributed by atoms with Crippen molar-refractivity contribution in [2.45, 2.75) is 38.6 Å². The topological polar surface area (TPSA) is 66.6 Å². The number of rotatable bonds is 3. The molecule has 2 fully saturated rings. The second-order valence-corrected chi connectivity index (χ2v) is 5.52. The quantitative estimate of drug-likeness (QED) is 0.780. The number of likely N-dealkylation sites (tertiary alicyclic amines) is 2. The lowest BCUT2D eigenvalue weighted by molar-refractivity contribution is -0.142. The van der Waals surface area contributed by atoms with Crippen LogP contribution in [0, 0.1) is 5.92 Å². The Bertz CT molecular complexity index is 322. The van der Waals surface area contributed by atoms with Gasteiger partial charge in [-0.1, -0.05) is 0 Å². The van der Waals surface area contributed by atoms with Crippen LogP contribution in [0.1, 0.15) is 32.6 Å². The largest absolute Gasteiger partial charge is 0.328 e. The zero-order valence-corrected chi connectivity index (χ0v) is 11.1. The number of amides is 2. The van der Waals surface area contributed by atoms with Crippen LogP contribution in [0.3, 0.4) is 0 Å². The molecule has 2 rings (SSSR count). The lowest BCUT2D eigenvalue weighted by atomic mass is 9.91. The van der Waals surface area contributed by atoms with Gasteiger partial charge in [0.15, 0.2) is 0 Å². The fraction of sp³-hybridized carbons (Fsp3) is 0.846. The Morgan fingerprint density at radius 1 is 1.39 bits per heavy atom. The first-order valence-electron chi connectivity index (χ1n) is 6.89. The van der Waals surface area contributed by atoms with Gasteiger partial charge in [-0.05, 0) is 45.2 Å². The van der Waals surface area contributed by atoms with Gasteiger partial charge in [0.1, 0.15) is 0 Å². The van der Waals surface area contributed by atoms with E-state index in [1.54, 1.807) is 0 Å². The number of piperidine rings is 1. The first kappa shape index (κ1) is 13.5. The third-order valence-electron chi connectivity index (χ3n) is 4.11. The van der Waals surface area contributed by atoms with Crippen LogP contribution < -0.4 is 5.73 Å². The smallest absolute Gasteiger partial charge is 0.243 e. The average Bonchev–Trinajstić information content (AvgIpc) is 2.76. The molecule has 18 heavy (non-hydrogen) atoms. The van der Waals surface area contributed by atoms with E-state index in [0.29, 0.717) is 25.4 Å². The molecule has 5 heteroatoms. The Hall–Kier alpha value is -0.940. The molecular formula is C13H23N3O2. The molecule has 0 aliphatic carbocycles. The van der Waals surface area contributed by atoms with E-state index in [0.717, 1.165) is 32.4 Å². The SMILES string of the molecule is CC(N)C1CCN(CC(=O)N2CCCC2=O)CC1. The van der Waals surface area contributed by atoms with Gasteiger partial charge in [0.05, 0.1) is 6.54 Å². The van der Waals surface area contributed by atoms with Crippen LogP contribution in [0.25, 0.3) is 0 Å². The van der Waals surface area contributed by atoms with Crippen LogP contribution >= 0.6 is 0 Å². The van der Waals surface area contributed by atoms with Crippen molar-refractivity contribution in [2.24, 2.45) is 11.7 Å². The number of nitrogens with zero attached hydrogens (tertiary/aromatic N) is 2. The van der Waals surface area contributed by atoms with E-state index >= 15 is 0 Å². The molecule has 1 atom stereocenters. The summed E-state index contributed by atoms with van der Waals surface area (Å²) in [6, 6.07) is 0.239. The maximum atomic E-state index is 12.0. The number of hydrogen-bond donors (Lipinski definition) is 1. The zero-order chi connectivity index (χ0) is 13.1. The molecule has 2 amide bonds. The molecule has 0 aromatic heterocycles. The molecule has 2 aliphatic rings. The minimum Gasteiger partial charge on any atom is -0.328 e. The number of carbonyl (C=O) groups is 2. The first-order valence-corrected chi connectivity index (χ1v) is 6.89. The molecule has 0 aromatic rings. The summed E-state index contributed by atoms with van der Waals surface area (Å²) in [6.07, 6.45) is 3.45. The minimum absolute atomic E-state index is 0.00883. The number of imide groups is 1. The van der Waals surface area contributed by atoms with Crippen LogP contribution in [0.15, 0.2) is 0 Å². The molecule has 2 heterocycles. The van der Waals surface area contributed by atoms with Crippen LogP contribution in [-0.4, -0.2) is 53.8 Å². The van der Waals surface area contributed by atoms with E-state index in [-0.39, 0.29) is 17.9 Å². The summed E-state index contributed by atoms with van der Waals surface area (Å²) in [6.45, 7) is 4.87. The van der Waals surface area contributed by atoms with Gasteiger partial charge in [-0.25, -0.2) is 0 Å². The Morgan fingerprint density at radius 3 is 2.56 bits per heavy atom. The number of hydrogen-bond acceptors (Lipinski definition) is 4. The lowest BCUT2D eigenvalue weighted by Crippen LogP contribution is -2.45. The summed E-state index contributed by atoms with van der Waals surface area (Å²) in [4.78, 5) is 27.0. The second-order valence-electron chi connectivity index (χ2n) is 5.52. The summed E-state index contributed by atoms with van der Waals surface area (Å²) in [5.41, 5.74) is 5.89. The molecule has 2 aliphatic heterocycles. The molecule has 2 saturated heterocycles. The van der Waals surface area contributed by atoms with E-state index in [1.807, 2.05) is 6.92 Å². The summed E-state index contributed by atoms with van der Waals surface area (Å²) in [5, 5.41) is 0.